The maximum absolute atomic E-state index is 13.0. The highest BCUT2D eigenvalue weighted by atomic mass is 19.1. The standard InChI is InChI=1S/C17H25FN4O2/c1-12(22-6-8-24-9-7-22)11-19-17(23)16-10-15(20-21-16)13-2-4-14(18)5-3-13/h2-5,12,15-16,20-21H,6-11H2,1H3,(H,19,23). The van der Waals surface area contributed by atoms with Crippen molar-refractivity contribution in [2.75, 3.05) is 32.8 Å². The Morgan fingerprint density at radius 1 is 1.33 bits per heavy atom. The molecule has 2 fully saturated rings. The smallest absolute Gasteiger partial charge is 0.238 e. The van der Waals surface area contributed by atoms with Gasteiger partial charge >= 0.3 is 0 Å². The van der Waals surface area contributed by atoms with E-state index in [4.69, 9.17) is 4.74 Å². The molecule has 1 aromatic rings. The molecule has 1 amide bonds. The van der Waals surface area contributed by atoms with Gasteiger partial charge in [0.05, 0.1) is 13.2 Å². The first-order valence-electron chi connectivity index (χ1n) is 8.49. The summed E-state index contributed by atoms with van der Waals surface area (Å²) in [5.74, 6) is -0.261. The molecule has 0 radical (unpaired) electrons. The molecule has 2 aliphatic heterocycles. The molecule has 24 heavy (non-hydrogen) atoms. The number of nitrogens with zero attached hydrogens (tertiary/aromatic N) is 1. The van der Waals surface area contributed by atoms with Crippen molar-refractivity contribution in [2.24, 2.45) is 0 Å². The van der Waals surface area contributed by atoms with Crippen molar-refractivity contribution in [3.63, 3.8) is 0 Å². The van der Waals surface area contributed by atoms with Gasteiger partial charge in [-0.25, -0.2) is 15.2 Å². The molecule has 2 heterocycles. The Balaban J connectivity index is 1.45. The van der Waals surface area contributed by atoms with Crippen molar-refractivity contribution in [3.8, 4) is 0 Å². The highest BCUT2D eigenvalue weighted by molar-refractivity contribution is 5.82. The lowest BCUT2D eigenvalue weighted by atomic mass is 10.0. The molecular weight excluding hydrogens is 311 g/mol. The zero-order chi connectivity index (χ0) is 16.9. The normalized spacial score (nSPS) is 26.2. The second-order valence-corrected chi connectivity index (χ2v) is 6.42. The van der Waals surface area contributed by atoms with Crippen LogP contribution in [0.4, 0.5) is 4.39 Å². The van der Waals surface area contributed by atoms with Gasteiger partial charge in [0.25, 0.3) is 0 Å². The van der Waals surface area contributed by atoms with Crippen LogP contribution >= 0.6 is 0 Å². The van der Waals surface area contributed by atoms with Crippen LogP contribution in [0, 0.1) is 5.82 Å². The fourth-order valence-corrected chi connectivity index (χ4v) is 3.16. The van der Waals surface area contributed by atoms with Gasteiger partial charge in [-0.3, -0.25) is 9.69 Å². The Morgan fingerprint density at radius 2 is 2.04 bits per heavy atom. The van der Waals surface area contributed by atoms with Gasteiger partial charge < -0.3 is 10.1 Å². The molecule has 2 aliphatic rings. The molecule has 0 saturated carbocycles. The number of ether oxygens (including phenoxy) is 1. The Morgan fingerprint density at radius 3 is 2.75 bits per heavy atom. The van der Waals surface area contributed by atoms with Crippen LogP contribution in [0.25, 0.3) is 0 Å². The Hall–Kier alpha value is -1.54. The molecule has 0 bridgehead atoms. The molecular formula is C17H25FN4O2. The summed E-state index contributed by atoms with van der Waals surface area (Å²) in [6, 6.07) is 6.39. The van der Waals surface area contributed by atoms with Crippen molar-refractivity contribution >= 4 is 5.91 Å². The molecule has 1 aromatic carbocycles. The van der Waals surface area contributed by atoms with E-state index in [1.807, 2.05) is 0 Å². The summed E-state index contributed by atoms with van der Waals surface area (Å²) in [5.41, 5.74) is 7.12. The maximum Gasteiger partial charge on any atom is 0.238 e. The van der Waals surface area contributed by atoms with Crippen molar-refractivity contribution in [1.29, 1.82) is 0 Å². The Kier molecular flexibility index (Phi) is 5.78. The SMILES string of the molecule is CC(CNC(=O)C1CC(c2ccc(F)cc2)NN1)N1CCOCC1. The average Bonchev–Trinajstić information content (AvgIpc) is 3.11. The van der Waals surface area contributed by atoms with Gasteiger partial charge in [0.15, 0.2) is 0 Å². The van der Waals surface area contributed by atoms with Gasteiger partial charge in [-0.15, -0.1) is 0 Å². The number of amides is 1. The molecule has 3 atom stereocenters. The van der Waals surface area contributed by atoms with E-state index < -0.39 is 0 Å². The van der Waals surface area contributed by atoms with Gasteiger partial charge in [-0.1, -0.05) is 12.1 Å². The first-order chi connectivity index (χ1) is 11.6. The summed E-state index contributed by atoms with van der Waals surface area (Å²) >= 11 is 0. The monoisotopic (exact) mass is 336 g/mol. The van der Waals surface area contributed by atoms with Gasteiger partial charge in [0.2, 0.25) is 5.91 Å². The molecule has 0 aromatic heterocycles. The van der Waals surface area contributed by atoms with E-state index in [0.29, 0.717) is 19.0 Å². The third-order valence-corrected chi connectivity index (χ3v) is 4.73. The number of rotatable bonds is 5. The summed E-state index contributed by atoms with van der Waals surface area (Å²) in [5, 5.41) is 3.02. The number of halogens is 1. The summed E-state index contributed by atoms with van der Waals surface area (Å²) in [4.78, 5) is 14.7. The molecule has 3 unspecified atom stereocenters. The quantitative estimate of drug-likeness (QED) is 0.734. The van der Waals surface area contributed by atoms with Gasteiger partial charge in [-0.05, 0) is 31.0 Å². The molecule has 2 saturated heterocycles. The van der Waals surface area contributed by atoms with Gasteiger partial charge in [0, 0.05) is 31.7 Å². The van der Waals surface area contributed by atoms with Crippen molar-refractivity contribution < 1.29 is 13.9 Å². The number of hydrogen-bond acceptors (Lipinski definition) is 5. The largest absolute Gasteiger partial charge is 0.379 e. The van der Waals surface area contributed by atoms with E-state index in [1.54, 1.807) is 12.1 Å². The van der Waals surface area contributed by atoms with Crippen molar-refractivity contribution in [2.45, 2.75) is 31.5 Å². The zero-order valence-electron chi connectivity index (χ0n) is 13.9. The first kappa shape index (κ1) is 17.3. The second-order valence-electron chi connectivity index (χ2n) is 6.42. The lowest BCUT2D eigenvalue weighted by Crippen LogP contribution is -2.50. The van der Waals surface area contributed by atoms with Crippen LogP contribution in [0.5, 0.6) is 0 Å². The maximum atomic E-state index is 13.0. The molecule has 0 spiro atoms. The van der Waals surface area contributed by atoms with Crippen molar-refractivity contribution in [3.05, 3.63) is 35.6 Å². The topological polar surface area (TPSA) is 65.6 Å². The van der Waals surface area contributed by atoms with E-state index in [0.717, 1.165) is 31.9 Å². The van der Waals surface area contributed by atoms with E-state index in [2.05, 4.69) is 28.0 Å². The first-order valence-corrected chi connectivity index (χ1v) is 8.49. The molecule has 132 valence electrons. The number of morpholine rings is 1. The number of hydrogen-bond donors (Lipinski definition) is 3. The minimum Gasteiger partial charge on any atom is -0.379 e. The van der Waals surface area contributed by atoms with Crippen molar-refractivity contribution in [1.82, 2.24) is 21.1 Å². The minimum absolute atomic E-state index is 0.00720. The molecule has 3 N–H and O–H groups in total. The molecule has 7 heteroatoms. The van der Waals surface area contributed by atoms with Crippen LogP contribution in [0.1, 0.15) is 24.9 Å². The lowest BCUT2D eigenvalue weighted by Gasteiger charge is -2.32. The van der Waals surface area contributed by atoms with Gasteiger partial charge in [0.1, 0.15) is 11.9 Å². The highest BCUT2D eigenvalue weighted by Crippen LogP contribution is 2.22. The lowest BCUT2D eigenvalue weighted by molar-refractivity contribution is -0.123. The predicted molar refractivity (Wildman–Crippen MR) is 88.7 cm³/mol. The van der Waals surface area contributed by atoms with E-state index >= 15 is 0 Å². The van der Waals surface area contributed by atoms with E-state index in [9.17, 15) is 9.18 Å². The number of carbonyl (C=O) groups excluding carboxylic acids is 1. The van der Waals surface area contributed by atoms with Crippen LogP contribution in [0.15, 0.2) is 24.3 Å². The molecule has 3 rings (SSSR count). The summed E-state index contributed by atoms with van der Waals surface area (Å²) in [6.07, 6.45) is 0.642. The fraction of sp³-hybridized carbons (Fsp3) is 0.588. The summed E-state index contributed by atoms with van der Waals surface area (Å²) < 4.78 is 18.3. The van der Waals surface area contributed by atoms with E-state index in [1.165, 1.54) is 12.1 Å². The van der Waals surface area contributed by atoms with Crippen LogP contribution in [-0.4, -0.2) is 55.7 Å². The third kappa shape index (κ3) is 4.30. The van der Waals surface area contributed by atoms with Crippen LogP contribution < -0.4 is 16.2 Å². The highest BCUT2D eigenvalue weighted by Gasteiger charge is 2.30. The number of hydrazine groups is 1. The molecule has 6 nitrogen and oxygen atoms in total. The summed E-state index contributed by atoms with van der Waals surface area (Å²) in [7, 11) is 0. The molecule has 0 aliphatic carbocycles. The average molecular weight is 336 g/mol. The third-order valence-electron chi connectivity index (χ3n) is 4.73. The van der Waals surface area contributed by atoms with Crippen LogP contribution in [0.3, 0.4) is 0 Å². The Labute approximate surface area is 141 Å². The van der Waals surface area contributed by atoms with Gasteiger partial charge in [-0.2, -0.15) is 0 Å². The predicted octanol–water partition coefficient (Wildman–Crippen LogP) is 0.570. The minimum atomic E-state index is -0.281. The second kappa shape index (κ2) is 8.02. The fourth-order valence-electron chi connectivity index (χ4n) is 3.16. The number of benzene rings is 1. The number of carbonyl (C=O) groups is 1. The van der Waals surface area contributed by atoms with Crippen LogP contribution in [-0.2, 0) is 9.53 Å². The zero-order valence-corrected chi connectivity index (χ0v) is 13.9. The summed E-state index contributed by atoms with van der Waals surface area (Å²) in [6.45, 7) is 6.07. The Bertz CT molecular complexity index is 548. The van der Waals surface area contributed by atoms with Crippen LogP contribution in [0.2, 0.25) is 0 Å². The number of nitrogens with one attached hydrogen (secondary N) is 3. The van der Waals surface area contributed by atoms with E-state index in [-0.39, 0.29) is 23.8 Å².